The molecule has 0 bridgehead atoms. The fourth-order valence-electron chi connectivity index (χ4n) is 3.81. The number of carbonyl (C=O) groups excluding carboxylic acids is 2. The lowest BCUT2D eigenvalue weighted by Gasteiger charge is -2.32. The molecule has 0 spiro atoms. The molecular weight excluding hydrogens is 498 g/mol. The van der Waals surface area contributed by atoms with Crippen LogP contribution in [-0.4, -0.2) is 49.5 Å². The quantitative estimate of drug-likeness (QED) is 0.472. The van der Waals surface area contributed by atoms with Crippen LogP contribution in [0.1, 0.15) is 57.2 Å². The molecule has 0 aromatic heterocycles. The van der Waals surface area contributed by atoms with Gasteiger partial charge in [-0.3, -0.25) is 13.9 Å². The van der Waals surface area contributed by atoms with Gasteiger partial charge in [-0.25, -0.2) is 8.42 Å². The van der Waals surface area contributed by atoms with Gasteiger partial charge in [-0.2, -0.15) is 0 Å². The lowest BCUT2D eigenvalue weighted by Crippen LogP contribution is -2.52. The van der Waals surface area contributed by atoms with Crippen molar-refractivity contribution >= 4 is 39.1 Å². The minimum atomic E-state index is -3.55. The number of anilines is 1. The predicted octanol–water partition coefficient (Wildman–Crippen LogP) is 4.84. The molecule has 2 aromatic carbocycles. The van der Waals surface area contributed by atoms with Crippen LogP contribution in [0.15, 0.2) is 42.5 Å². The first kappa shape index (κ1) is 29.6. The number of aryl methyl sites for hydroxylation is 2. The molecule has 0 saturated heterocycles. The highest BCUT2D eigenvalue weighted by molar-refractivity contribution is 7.92. The largest absolute Gasteiger partial charge is 0.350 e. The fraction of sp³-hybridized carbons (Fsp3) is 0.481. The highest BCUT2D eigenvalue weighted by Crippen LogP contribution is 2.25. The van der Waals surface area contributed by atoms with E-state index in [9.17, 15) is 18.0 Å². The average Bonchev–Trinajstić information content (AvgIpc) is 2.75. The third-order valence-corrected chi connectivity index (χ3v) is 7.15. The molecule has 0 fully saturated rings. The van der Waals surface area contributed by atoms with Crippen molar-refractivity contribution in [3.05, 3.63) is 64.2 Å². The molecule has 0 heterocycles. The number of carbonyl (C=O) groups is 2. The number of nitrogens with one attached hydrogen (secondary N) is 1. The van der Waals surface area contributed by atoms with E-state index < -0.39 is 21.6 Å². The van der Waals surface area contributed by atoms with E-state index in [1.807, 2.05) is 65.0 Å². The predicted molar refractivity (Wildman–Crippen MR) is 147 cm³/mol. The minimum Gasteiger partial charge on any atom is -0.350 e. The molecule has 36 heavy (non-hydrogen) atoms. The van der Waals surface area contributed by atoms with Crippen LogP contribution in [0.4, 0.5) is 5.69 Å². The Kier molecular flexibility index (Phi) is 9.97. The summed E-state index contributed by atoms with van der Waals surface area (Å²) in [5, 5.41) is 3.52. The van der Waals surface area contributed by atoms with Gasteiger partial charge < -0.3 is 10.2 Å². The monoisotopic (exact) mass is 535 g/mol. The molecule has 7 nitrogen and oxygen atoms in total. The topological polar surface area (TPSA) is 86.8 Å². The van der Waals surface area contributed by atoms with Gasteiger partial charge in [0.05, 0.1) is 11.9 Å². The smallest absolute Gasteiger partial charge is 0.242 e. The Labute approximate surface area is 220 Å². The minimum absolute atomic E-state index is 0.0949. The number of sulfonamides is 1. The molecule has 1 atom stereocenters. The molecule has 0 aliphatic rings. The van der Waals surface area contributed by atoms with Crippen LogP contribution in [0.3, 0.4) is 0 Å². The second-order valence-corrected chi connectivity index (χ2v) is 12.6. The Morgan fingerprint density at radius 3 is 2.22 bits per heavy atom. The van der Waals surface area contributed by atoms with Gasteiger partial charge in [-0.15, -0.1) is 0 Å². The third kappa shape index (κ3) is 8.82. The molecule has 9 heteroatoms. The van der Waals surface area contributed by atoms with Crippen LogP contribution < -0.4 is 9.62 Å². The molecule has 0 unspecified atom stereocenters. The molecule has 0 saturated carbocycles. The summed E-state index contributed by atoms with van der Waals surface area (Å²) in [5.74, 6) is -0.478. The Morgan fingerprint density at radius 1 is 1.06 bits per heavy atom. The summed E-state index contributed by atoms with van der Waals surface area (Å²) in [6, 6.07) is 12.1. The lowest BCUT2D eigenvalue weighted by molar-refractivity contribution is -0.141. The van der Waals surface area contributed by atoms with Crippen LogP contribution in [0, 0.1) is 13.8 Å². The van der Waals surface area contributed by atoms with E-state index in [1.54, 1.807) is 19.1 Å². The zero-order valence-corrected chi connectivity index (χ0v) is 23.8. The van der Waals surface area contributed by atoms with Gasteiger partial charge >= 0.3 is 0 Å². The highest BCUT2D eigenvalue weighted by Gasteiger charge is 2.28. The Balaban J connectivity index is 2.22. The van der Waals surface area contributed by atoms with Gasteiger partial charge in [0, 0.05) is 30.1 Å². The molecule has 0 radical (unpaired) electrons. The molecule has 2 amide bonds. The zero-order chi connectivity index (χ0) is 27.3. The summed E-state index contributed by atoms with van der Waals surface area (Å²) >= 11 is 6.00. The second kappa shape index (κ2) is 12.1. The number of amides is 2. The molecule has 198 valence electrons. The summed E-state index contributed by atoms with van der Waals surface area (Å²) in [7, 11) is -3.55. The van der Waals surface area contributed by atoms with Crippen molar-refractivity contribution in [1.82, 2.24) is 10.2 Å². The van der Waals surface area contributed by atoms with E-state index in [0.29, 0.717) is 17.1 Å². The van der Waals surface area contributed by atoms with E-state index in [-0.39, 0.29) is 31.3 Å². The molecule has 0 aliphatic carbocycles. The number of hydrogen-bond donors (Lipinski definition) is 1. The zero-order valence-electron chi connectivity index (χ0n) is 22.3. The van der Waals surface area contributed by atoms with Gasteiger partial charge in [0.2, 0.25) is 21.8 Å². The molecule has 0 aliphatic heterocycles. The normalized spacial score (nSPS) is 12.7. The van der Waals surface area contributed by atoms with E-state index in [2.05, 4.69) is 5.32 Å². The summed E-state index contributed by atoms with van der Waals surface area (Å²) in [6.07, 6.45) is 1.57. The fourth-order valence-corrected chi connectivity index (χ4v) is 4.95. The molecule has 2 rings (SSSR count). The van der Waals surface area contributed by atoms with Crippen molar-refractivity contribution in [3.8, 4) is 0 Å². The number of halogens is 1. The Hall–Kier alpha value is -2.58. The van der Waals surface area contributed by atoms with Crippen LogP contribution in [-0.2, 0) is 26.2 Å². The van der Waals surface area contributed by atoms with Crippen LogP contribution in [0.2, 0.25) is 5.02 Å². The number of nitrogens with zero attached hydrogens (tertiary/aromatic N) is 2. The Morgan fingerprint density at radius 2 is 1.67 bits per heavy atom. The number of benzene rings is 2. The average molecular weight is 536 g/mol. The van der Waals surface area contributed by atoms with Gasteiger partial charge in [0.25, 0.3) is 0 Å². The molecule has 1 N–H and O–H groups in total. The van der Waals surface area contributed by atoms with Gasteiger partial charge in [0.1, 0.15) is 6.04 Å². The molecule has 2 aromatic rings. The second-order valence-electron chi connectivity index (χ2n) is 10.3. The SMILES string of the molecule is Cc1ccc(C)c(N(CCCC(=O)N(Cc2ccc(Cl)cc2)[C@@H](C)C(=O)NC(C)(C)C)S(C)(=O)=O)c1. The summed E-state index contributed by atoms with van der Waals surface area (Å²) in [4.78, 5) is 27.8. The third-order valence-electron chi connectivity index (χ3n) is 5.72. The van der Waals surface area contributed by atoms with Crippen molar-refractivity contribution in [2.45, 2.75) is 72.5 Å². The standard InChI is InChI=1S/C27H38ClN3O4S/c1-19-10-11-20(2)24(17-19)31(36(7,34)35)16-8-9-25(32)30(18-22-12-14-23(28)15-13-22)21(3)26(33)29-27(4,5)6/h10-15,17,21H,8-9,16,18H2,1-7H3,(H,29,33)/t21-/m0/s1. The first-order valence-electron chi connectivity index (χ1n) is 12.0. The maximum atomic E-state index is 13.4. The van der Waals surface area contributed by atoms with Crippen molar-refractivity contribution in [2.75, 3.05) is 17.1 Å². The van der Waals surface area contributed by atoms with E-state index in [1.165, 1.54) is 15.5 Å². The van der Waals surface area contributed by atoms with Gasteiger partial charge in [-0.05, 0) is 82.9 Å². The summed E-state index contributed by atoms with van der Waals surface area (Å²) < 4.78 is 26.5. The van der Waals surface area contributed by atoms with Crippen molar-refractivity contribution in [3.63, 3.8) is 0 Å². The lowest BCUT2D eigenvalue weighted by atomic mass is 10.1. The first-order valence-corrected chi connectivity index (χ1v) is 14.2. The number of rotatable bonds is 10. The van der Waals surface area contributed by atoms with Gasteiger partial charge in [-0.1, -0.05) is 35.9 Å². The highest BCUT2D eigenvalue weighted by atomic mass is 35.5. The van der Waals surface area contributed by atoms with Crippen molar-refractivity contribution in [2.24, 2.45) is 0 Å². The van der Waals surface area contributed by atoms with Crippen LogP contribution >= 0.6 is 11.6 Å². The summed E-state index contributed by atoms with van der Waals surface area (Å²) in [6.45, 7) is 11.5. The van der Waals surface area contributed by atoms with E-state index >= 15 is 0 Å². The maximum absolute atomic E-state index is 13.4. The van der Waals surface area contributed by atoms with Crippen LogP contribution in [0.25, 0.3) is 0 Å². The molecular formula is C27H38ClN3O4S. The number of hydrogen-bond acceptors (Lipinski definition) is 4. The van der Waals surface area contributed by atoms with Crippen molar-refractivity contribution < 1.29 is 18.0 Å². The van der Waals surface area contributed by atoms with E-state index in [0.717, 1.165) is 16.7 Å². The summed E-state index contributed by atoms with van der Waals surface area (Å²) in [5.41, 5.74) is 2.81. The first-order chi connectivity index (χ1) is 16.6. The maximum Gasteiger partial charge on any atom is 0.242 e. The van der Waals surface area contributed by atoms with Crippen LogP contribution in [0.5, 0.6) is 0 Å². The Bertz CT molecular complexity index is 1170. The van der Waals surface area contributed by atoms with E-state index in [4.69, 9.17) is 11.6 Å². The van der Waals surface area contributed by atoms with Gasteiger partial charge in [0.15, 0.2) is 0 Å². The van der Waals surface area contributed by atoms with Crippen molar-refractivity contribution in [1.29, 1.82) is 0 Å².